The summed E-state index contributed by atoms with van der Waals surface area (Å²) in [6, 6.07) is 6.91. The summed E-state index contributed by atoms with van der Waals surface area (Å²) in [7, 11) is 1.31. The molecule has 0 aliphatic carbocycles. The van der Waals surface area contributed by atoms with Crippen LogP contribution in [0.25, 0.3) is 0 Å². The Bertz CT molecular complexity index is 1010. The maximum absolute atomic E-state index is 13.4. The van der Waals surface area contributed by atoms with Gasteiger partial charge in [-0.05, 0) is 35.7 Å². The van der Waals surface area contributed by atoms with Crippen LogP contribution in [0.3, 0.4) is 0 Å². The smallest absolute Gasteiger partial charge is 0.416 e. The molecule has 2 heterocycles. The quantitative estimate of drug-likeness (QED) is 0.670. The van der Waals surface area contributed by atoms with Gasteiger partial charge >= 0.3 is 6.18 Å². The Kier molecular flexibility index (Phi) is 5.86. The molecule has 1 aromatic carbocycles. The highest BCUT2D eigenvalue weighted by molar-refractivity contribution is 6.04. The third kappa shape index (κ3) is 4.74. The van der Waals surface area contributed by atoms with Crippen LogP contribution in [0.15, 0.2) is 48.9 Å². The van der Waals surface area contributed by atoms with Crippen LogP contribution in [0.2, 0.25) is 0 Å². The molecule has 1 N–H and O–H groups in total. The zero-order valence-corrected chi connectivity index (χ0v) is 15.8. The fourth-order valence-electron chi connectivity index (χ4n) is 2.89. The lowest BCUT2D eigenvalue weighted by atomic mass is 10.1. The van der Waals surface area contributed by atoms with Crippen molar-refractivity contribution in [1.29, 1.82) is 0 Å². The molecule has 0 saturated carbocycles. The molecule has 0 unspecified atom stereocenters. The number of rotatable bonds is 6. The summed E-state index contributed by atoms with van der Waals surface area (Å²) in [4.78, 5) is 16.5. The van der Waals surface area contributed by atoms with Crippen LogP contribution >= 0.6 is 0 Å². The van der Waals surface area contributed by atoms with Crippen LogP contribution in [-0.2, 0) is 19.1 Å². The standard InChI is InChI=1S/C20H19F3N4O2/c1-3-13-11-24-8-6-16(13)19(28)25-18-7-9-27(26-18)12-14-4-5-15(29-2)10-17(14)20(21,22)23/h4-11H,3,12H2,1-2H3,(H,25,26,28). The number of carbonyl (C=O) groups is 1. The molecule has 0 atom stereocenters. The number of aromatic nitrogens is 3. The number of methoxy groups -OCH3 is 1. The van der Waals surface area contributed by atoms with Gasteiger partial charge in [-0.2, -0.15) is 18.3 Å². The third-order valence-electron chi connectivity index (χ3n) is 4.37. The Morgan fingerprint density at radius 1 is 1.21 bits per heavy atom. The molecule has 0 aliphatic heterocycles. The van der Waals surface area contributed by atoms with Crippen molar-refractivity contribution in [2.75, 3.05) is 12.4 Å². The zero-order valence-electron chi connectivity index (χ0n) is 15.8. The zero-order chi connectivity index (χ0) is 21.0. The van der Waals surface area contributed by atoms with E-state index in [2.05, 4.69) is 15.4 Å². The van der Waals surface area contributed by atoms with Gasteiger partial charge in [0.15, 0.2) is 5.82 Å². The van der Waals surface area contributed by atoms with Crippen LogP contribution in [0.4, 0.5) is 19.0 Å². The lowest BCUT2D eigenvalue weighted by Crippen LogP contribution is -2.15. The molecule has 2 aromatic heterocycles. The third-order valence-corrected chi connectivity index (χ3v) is 4.37. The average molecular weight is 404 g/mol. The molecule has 29 heavy (non-hydrogen) atoms. The summed E-state index contributed by atoms with van der Waals surface area (Å²) in [5.74, 6) is 0.0180. The summed E-state index contributed by atoms with van der Waals surface area (Å²) < 4.78 is 46.3. The number of ether oxygens (including phenoxy) is 1. The lowest BCUT2D eigenvalue weighted by Gasteiger charge is -2.14. The molecule has 152 valence electrons. The first-order valence-corrected chi connectivity index (χ1v) is 8.83. The van der Waals surface area contributed by atoms with Crippen molar-refractivity contribution in [3.05, 3.63) is 71.2 Å². The second-order valence-electron chi connectivity index (χ2n) is 6.26. The molecule has 9 heteroatoms. The van der Waals surface area contributed by atoms with E-state index in [0.29, 0.717) is 12.0 Å². The minimum absolute atomic E-state index is 0.0432. The van der Waals surface area contributed by atoms with Gasteiger partial charge in [0.05, 0.1) is 19.2 Å². The Hall–Kier alpha value is -3.36. The number of nitrogens with one attached hydrogen (secondary N) is 1. The fraction of sp³-hybridized carbons (Fsp3) is 0.250. The molecule has 3 aromatic rings. The van der Waals surface area contributed by atoms with Gasteiger partial charge in [-0.1, -0.05) is 13.0 Å². The molecule has 0 aliphatic rings. The van der Waals surface area contributed by atoms with Crippen molar-refractivity contribution in [3.8, 4) is 5.75 Å². The van der Waals surface area contributed by atoms with Gasteiger partial charge in [-0.25, -0.2) is 0 Å². The minimum Gasteiger partial charge on any atom is -0.497 e. The van der Waals surface area contributed by atoms with Crippen molar-refractivity contribution in [3.63, 3.8) is 0 Å². The van der Waals surface area contributed by atoms with Crippen LogP contribution in [0.5, 0.6) is 5.75 Å². The number of anilines is 1. The number of amides is 1. The molecule has 3 rings (SSSR count). The number of halogens is 3. The number of hydrogen-bond acceptors (Lipinski definition) is 4. The number of hydrogen-bond donors (Lipinski definition) is 1. The second-order valence-corrected chi connectivity index (χ2v) is 6.26. The summed E-state index contributed by atoms with van der Waals surface area (Å²) in [5, 5.41) is 6.82. The molecule has 0 radical (unpaired) electrons. The van der Waals surface area contributed by atoms with E-state index >= 15 is 0 Å². The molecule has 0 bridgehead atoms. The van der Waals surface area contributed by atoms with Gasteiger partial charge in [0.2, 0.25) is 0 Å². The summed E-state index contributed by atoms with van der Waals surface area (Å²) in [5.41, 5.74) is 0.521. The van der Waals surface area contributed by atoms with Crippen molar-refractivity contribution >= 4 is 11.7 Å². The van der Waals surface area contributed by atoms with Crippen LogP contribution < -0.4 is 10.1 Å². The van der Waals surface area contributed by atoms with E-state index in [-0.39, 0.29) is 29.6 Å². The SMILES string of the molecule is CCc1cnccc1C(=O)Nc1ccn(Cc2ccc(OC)cc2C(F)(F)F)n1. The number of benzene rings is 1. The predicted molar refractivity (Wildman–Crippen MR) is 101 cm³/mol. The van der Waals surface area contributed by atoms with Gasteiger partial charge in [-0.15, -0.1) is 0 Å². The number of pyridine rings is 1. The minimum atomic E-state index is -4.52. The van der Waals surface area contributed by atoms with Crippen LogP contribution in [0, 0.1) is 0 Å². The van der Waals surface area contributed by atoms with Crippen molar-refractivity contribution in [2.45, 2.75) is 26.1 Å². The second kappa shape index (κ2) is 8.34. The summed E-state index contributed by atoms with van der Waals surface area (Å²) >= 11 is 0. The highest BCUT2D eigenvalue weighted by atomic mass is 19.4. The van der Waals surface area contributed by atoms with E-state index in [0.717, 1.165) is 11.6 Å². The van der Waals surface area contributed by atoms with E-state index in [4.69, 9.17) is 4.74 Å². The fourth-order valence-corrected chi connectivity index (χ4v) is 2.89. The highest BCUT2D eigenvalue weighted by Crippen LogP contribution is 2.34. The van der Waals surface area contributed by atoms with Crippen molar-refractivity contribution in [2.24, 2.45) is 0 Å². The van der Waals surface area contributed by atoms with Gasteiger partial charge in [0.1, 0.15) is 5.75 Å². The highest BCUT2D eigenvalue weighted by Gasteiger charge is 2.34. The topological polar surface area (TPSA) is 69.0 Å². The first-order chi connectivity index (χ1) is 13.8. The Balaban J connectivity index is 1.78. The first-order valence-electron chi connectivity index (χ1n) is 8.83. The maximum atomic E-state index is 13.4. The van der Waals surface area contributed by atoms with Crippen molar-refractivity contribution < 1.29 is 22.7 Å². The van der Waals surface area contributed by atoms with Gasteiger partial charge in [0, 0.05) is 30.2 Å². The molecular weight excluding hydrogens is 385 g/mol. The van der Waals surface area contributed by atoms with E-state index < -0.39 is 11.7 Å². The molecule has 1 amide bonds. The number of aryl methyl sites for hydroxylation is 1. The summed E-state index contributed by atoms with van der Waals surface area (Å²) in [6.07, 6.45) is 0.771. The predicted octanol–water partition coefficient (Wildman–Crippen LogP) is 4.17. The average Bonchev–Trinajstić information content (AvgIpc) is 3.14. The van der Waals surface area contributed by atoms with Crippen molar-refractivity contribution in [1.82, 2.24) is 14.8 Å². The molecule has 0 fully saturated rings. The normalized spacial score (nSPS) is 11.3. The van der Waals surface area contributed by atoms with Gasteiger partial charge in [-0.3, -0.25) is 14.5 Å². The van der Waals surface area contributed by atoms with E-state index in [1.54, 1.807) is 12.3 Å². The largest absolute Gasteiger partial charge is 0.497 e. The number of carbonyl (C=O) groups excluding carboxylic acids is 1. The van der Waals surface area contributed by atoms with E-state index in [1.165, 1.54) is 42.4 Å². The number of nitrogens with zero attached hydrogens (tertiary/aromatic N) is 3. The monoisotopic (exact) mass is 404 g/mol. The molecule has 0 saturated heterocycles. The van der Waals surface area contributed by atoms with Crippen LogP contribution in [-0.4, -0.2) is 27.8 Å². The lowest BCUT2D eigenvalue weighted by molar-refractivity contribution is -0.138. The van der Waals surface area contributed by atoms with E-state index in [9.17, 15) is 18.0 Å². The Morgan fingerprint density at radius 2 is 2.00 bits per heavy atom. The molecule has 0 spiro atoms. The molecule has 6 nitrogen and oxygen atoms in total. The van der Waals surface area contributed by atoms with E-state index in [1.807, 2.05) is 6.92 Å². The van der Waals surface area contributed by atoms with Gasteiger partial charge < -0.3 is 10.1 Å². The summed E-state index contributed by atoms with van der Waals surface area (Å²) in [6.45, 7) is 1.81. The number of alkyl halides is 3. The maximum Gasteiger partial charge on any atom is 0.416 e. The van der Waals surface area contributed by atoms with Crippen LogP contribution in [0.1, 0.15) is 34.0 Å². The Labute approximate surface area is 165 Å². The molecular formula is C20H19F3N4O2. The van der Waals surface area contributed by atoms with Gasteiger partial charge in [0.25, 0.3) is 5.91 Å². The first kappa shape index (κ1) is 20.4. The Morgan fingerprint density at radius 3 is 2.69 bits per heavy atom.